The van der Waals surface area contributed by atoms with Crippen molar-refractivity contribution in [3.05, 3.63) is 35.4 Å². The normalized spacial score (nSPS) is 16.2. The number of carbonyl (C=O) groups is 1. The Morgan fingerprint density at radius 1 is 1.29 bits per heavy atom. The third-order valence-electron chi connectivity index (χ3n) is 3.49. The highest BCUT2D eigenvalue weighted by atomic mass is 16.4. The van der Waals surface area contributed by atoms with Crippen LogP contribution in [0.5, 0.6) is 0 Å². The van der Waals surface area contributed by atoms with E-state index in [0.29, 0.717) is 12.0 Å². The first-order chi connectivity index (χ1) is 7.95. The molecule has 0 bridgehead atoms. The molecule has 1 aromatic rings. The third-order valence-corrected chi connectivity index (χ3v) is 3.49. The SMILES string of the molecule is CCc1ccc(C(O)(CC)C(C)C(=O)O)cc1. The summed E-state index contributed by atoms with van der Waals surface area (Å²) >= 11 is 0. The van der Waals surface area contributed by atoms with Crippen molar-refractivity contribution in [2.24, 2.45) is 5.92 Å². The quantitative estimate of drug-likeness (QED) is 0.826. The molecule has 0 radical (unpaired) electrons. The molecule has 0 aliphatic heterocycles. The lowest BCUT2D eigenvalue weighted by atomic mass is 9.80. The molecule has 0 aromatic heterocycles. The zero-order valence-corrected chi connectivity index (χ0v) is 10.6. The van der Waals surface area contributed by atoms with Crippen molar-refractivity contribution in [2.45, 2.75) is 39.2 Å². The zero-order valence-electron chi connectivity index (χ0n) is 10.6. The van der Waals surface area contributed by atoms with Crippen molar-refractivity contribution in [2.75, 3.05) is 0 Å². The molecule has 2 atom stereocenters. The molecule has 0 heterocycles. The van der Waals surface area contributed by atoms with Gasteiger partial charge in [-0.1, -0.05) is 38.1 Å². The van der Waals surface area contributed by atoms with Crippen molar-refractivity contribution in [1.82, 2.24) is 0 Å². The minimum atomic E-state index is -1.29. The van der Waals surface area contributed by atoms with E-state index in [9.17, 15) is 9.90 Å². The van der Waals surface area contributed by atoms with Crippen LogP contribution in [0.1, 0.15) is 38.3 Å². The lowest BCUT2D eigenvalue weighted by Gasteiger charge is -2.31. The molecule has 0 aliphatic rings. The Morgan fingerprint density at radius 3 is 2.18 bits per heavy atom. The predicted octanol–water partition coefficient (Wildman–Crippen LogP) is 2.57. The fraction of sp³-hybridized carbons (Fsp3) is 0.500. The Hall–Kier alpha value is -1.35. The minimum absolute atomic E-state index is 0.381. The summed E-state index contributed by atoms with van der Waals surface area (Å²) in [6, 6.07) is 7.51. The number of carboxylic acid groups (broad SMARTS) is 1. The first-order valence-corrected chi connectivity index (χ1v) is 6.00. The second kappa shape index (κ2) is 5.32. The van der Waals surface area contributed by atoms with Crippen molar-refractivity contribution >= 4 is 5.97 Å². The molecule has 3 nitrogen and oxygen atoms in total. The highest BCUT2D eigenvalue weighted by Gasteiger charge is 2.38. The van der Waals surface area contributed by atoms with Crippen molar-refractivity contribution < 1.29 is 15.0 Å². The van der Waals surface area contributed by atoms with Crippen molar-refractivity contribution in [3.63, 3.8) is 0 Å². The highest BCUT2D eigenvalue weighted by Crippen LogP contribution is 2.33. The van der Waals surface area contributed by atoms with Crippen LogP contribution in [-0.4, -0.2) is 16.2 Å². The topological polar surface area (TPSA) is 57.5 Å². The molecule has 0 saturated carbocycles. The predicted molar refractivity (Wildman–Crippen MR) is 66.8 cm³/mol. The van der Waals surface area contributed by atoms with E-state index in [-0.39, 0.29) is 0 Å². The van der Waals surface area contributed by atoms with Gasteiger partial charge in [0.05, 0.1) is 5.92 Å². The van der Waals surface area contributed by atoms with Gasteiger partial charge in [-0.2, -0.15) is 0 Å². The monoisotopic (exact) mass is 236 g/mol. The van der Waals surface area contributed by atoms with E-state index in [0.717, 1.165) is 6.42 Å². The molecule has 0 fully saturated rings. The largest absolute Gasteiger partial charge is 0.481 e. The summed E-state index contributed by atoms with van der Waals surface area (Å²) in [6.07, 6.45) is 1.31. The molecule has 1 aromatic carbocycles. The van der Waals surface area contributed by atoms with Gasteiger partial charge in [-0.3, -0.25) is 4.79 Å². The van der Waals surface area contributed by atoms with Crippen LogP contribution in [0.25, 0.3) is 0 Å². The average molecular weight is 236 g/mol. The van der Waals surface area contributed by atoms with Crippen LogP contribution < -0.4 is 0 Å². The summed E-state index contributed by atoms with van der Waals surface area (Å²) in [5.74, 6) is -1.80. The Labute approximate surface area is 102 Å². The first kappa shape index (κ1) is 13.7. The summed E-state index contributed by atoms with van der Waals surface area (Å²) in [6.45, 7) is 5.40. The van der Waals surface area contributed by atoms with Crippen molar-refractivity contribution in [3.8, 4) is 0 Å². The molecule has 2 unspecified atom stereocenters. The second-order valence-corrected chi connectivity index (χ2v) is 4.39. The lowest BCUT2D eigenvalue weighted by Crippen LogP contribution is -2.37. The summed E-state index contributed by atoms with van der Waals surface area (Å²) in [4.78, 5) is 11.0. The smallest absolute Gasteiger partial charge is 0.309 e. The summed E-state index contributed by atoms with van der Waals surface area (Å²) in [5, 5.41) is 19.6. The van der Waals surface area contributed by atoms with Crippen LogP contribution >= 0.6 is 0 Å². The van der Waals surface area contributed by atoms with Crippen LogP contribution in [0, 0.1) is 5.92 Å². The highest BCUT2D eigenvalue weighted by molar-refractivity contribution is 5.71. The number of aliphatic hydroxyl groups is 1. The van der Waals surface area contributed by atoms with Gasteiger partial charge >= 0.3 is 5.97 Å². The number of carboxylic acids is 1. The van der Waals surface area contributed by atoms with Gasteiger partial charge in [0.15, 0.2) is 0 Å². The van der Waals surface area contributed by atoms with Crippen LogP contribution in [0.4, 0.5) is 0 Å². The van der Waals surface area contributed by atoms with E-state index in [1.807, 2.05) is 24.3 Å². The molecule has 17 heavy (non-hydrogen) atoms. The number of hydrogen-bond donors (Lipinski definition) is 2. The molecule has 0 spiro atoms. The molecule has 0 saturated heterocycles. The van der Waals surface area contributed by atoms with Gasteiger partial charge in [-0.25, -0.2) is 0 Å². The molecule has 2 N–H and O–H groups in total. The van der Waals surface area contributed by atoms with E-state index < -0.39 is 17.5 Å². The fourth-order valence-electron chi connectivity index (χ4n) is 1.99. The molecular weight excluding hydrogens is 216 g/mol. The van der Waals surface area contributed by atoms with Gasteiger partial charge in [0.1, 0.15) is 5.60 Å². The molecular formula is C14H20O3. The Balaban J connectivity index is 3.11. The standard InChI is InChI=1S/C14H20O3/c1-4-11-6-8-12(9-7-11)14(17,5-2)10(3)13(15)16/h6-10,17H,4-5H2,1-3H3,(H,15,16). The van der Waals surface area contributed by atoms with E-state index in [1.165, 1.54) is 5.56 Å². The maximum atomic E-state index is 11.0. The summed E-state index contributed by atoms with van der Waals surface area (Å²) < 4.78 is 0. The van der Waals surface area contributed by atoms with Gasteiger partial charge in [0.25, 0.3) is 0 Å². The molecule has 0 aliphatic carbocycles. The minimum Gasteiger partial charge on any atom is -0.481 e. The van der Waals surface area contributed by atoms with Gasteiger partial charge in [0, 0.05) is 0 Å². The van der Waals surface area contributed by atoms with Crippen LogP contribution in [0.3, 0.4) is 0 Å². The van der Waals surface area contributed by atoms with Crippen molar-refractivity contribution in [1.29, 1.82) is 0 Å². The van der Waals surface area contributed by atoms with Crippen LogP contribution in [0.2, 0.25) is 0 Å². The van der Waals surface area contributed by atoms with E-state index >= 15 is 0 Å². The van der Waals surface area contributed by atoms with Gasteiger partial charge in [0.2, 0.25) is 0 Å². The van der Waals surface area contributed by atoms with Gasteiger partial charge in [-0.05, 0) is 30.9 Å². The van der Waals surface area contributed by atoms with Crippen LogP contribution in [0.15, 0.2) is 24.3 Å². The molecule has 1 rings (SSSR count). The zero-order chi connectivity index (χ0) is 13.1. The van der Waals surface area contributed by atoms with Gasteiger partial charge in [-0.15, -0.1) is 0 Å². The number of rotatable bonds is 5. The number of benzene rings is 1. The fourth-order valence-corrected chi connectivity index (χ4v) is 1.99. The summed E-state index contributed by atoms with van der Waals surface area (Å²) in [5.41, 5.74) is 0.556. The Kier molecular flexibility index (Phi) is 4.29. The Bertz CT molecular complexity index is 383. The number of hydrogen-bond acceptors (Lipinski definition) is 2. The van der Waals surface area contributed by atoms with E-state index in [4.69, 9.17) is 5.11 Å². The molecule has 0 amide bonds. The Morgan fingerprint density at radius 2 is 1.82 bits per heavy atom. The average Bonchev–Trinajstić information content (AvgIpc) is 2.36. The van der Waals surface area contributed by atoms with E-state index in [2.05, 4.69) is 6.92 Å². The van der Waals surface area contributed by atoms with Gasteiger partial charge < -0.3 is 10.2 Å². The maximum Gasteiger partial charge on any atom is 0.309 e. The maximum absolute atomic E-state index is 11.0. The first-order valence-electron chi connectivity index (χ1n) is 6.00. The molecule has 3 heteroatoms. The number of aryl methyl sites for hydroxylation is 1. The third kappa shape index (κ3) is 2.67. The van der Waals surface area contributed by atoms with E-state index in [1.54, 1.807) is 13.8 Å². The second-order valence-electron chi connectivity index (χ2n) is 4.39. The van der Waals surface area contributed by atoms with Crippen LogP contribution in [-0.2, 0) is 16.8 Å². The molecule has 94 valence electrons. The summed E-state index contributed by atoms with van der Waals surface area (Å²) in [7, 11) is 0. The number of aliphatic carboxylic acids is 1. The lowest BCUT2D eigenvalue weighted by molar-refractivity contribution is -0.152.